The molecule has 1 heterocycles. The number of ether oxygens (including phenoxy) is 2. The van der Waals surface area contributed by atoms with Crippen molar-refractivity contribution in [1.82, 2.24) is 9.97 Å². The van der Waals surface area contributed by atoms with Crippen LogP contribution in [0.1, 0.15) is 10.4 Å². The molecule has 6 nitrogen and oxygen atoms in total. The zero-order valence-electron chi connectivity index (χ0n) is 14.5. The number of carbonyl (C=O) groups is 1. The third-order valence-electron chi connectivity index (χ3n) is 3.74. The van der Waals surface area contributed by atoms with Gasteiger partial charge in [0.2, 0.25) is 0 Å². The van der Waals surface area contributed by atoms with Gasteiger partial charge in [-0.1, -0.05) is 23.2 Å². The fourth-order valence-electron chi connectivity index (χ4n) is 2.35. The van der Waals surface area contributed by atoms with Crippen molar-refractivity contribution in [1.29, 1.82) is 0 Å². The van der Waals surface area contributed by atoms with Crippen LogP contribution < -0.4 is 14.8 Å². The summed E-state index contributed by atoms with van der Waals surface area (Å²) < 4.78 is 10.4. The van der Waals surface area contributed by atoms with Crippen LogP contribution in [-0.2, 0) is 0 Å². The summed E-state index contributed by atoms with van der Waals surface area (Å²) in [7, 11) is 2.97. The second kappa shape index (κ2) is 8.24. The molecule has 0 atom stereocenters. The normalized spacial score (nSPS) is 10.4. The summed E-state index contributed by atoms with van der Waals surface area (Å²) in [5, 5.41) is 3.75. The van der Waals surface area contributed by atoms with Crippen LogP contribution in [0.3, 0.4) is 0 Å². The van der Waals surface area contributed by atoms with Gasteiger partial charge in [0.1, 0.15) is 11.5 Å². The minimum atomic E-state index is -0.389. The standard InChI is InChI=1S/C19H15Cl2N3O3/c1-26-16-8-15(17(27-2)7-14(16)21)24-19(25)12-9-22-18(23-10-12)11-3-5-13(20)6-4-11/h3-10H,1-2H3,(H,24,25). The van der Waals surface area contributed by atoms with Crippen LogP contribution in [-0.4, -0.2) is 30.1 Å². The molecular weight excluding hydrogens is 389 g/mol. The lowest BCUT2D eigenvalue weighted by Crippen LogP contribution is -2.13. The number of hydrogen-bond acceptors (Lipinski definition) is 5. The van der Waals surface area contributed by atoms with E-state index in [1.54, 1.807) is 24.3 Å². The van der Waals surface area contributed by atoms with Crippen molar-refractivity contribution in [3.63, 3.8) is 0 Å². The van der Waals surface area contributed by atoms with Gasteiger partial charge in [0.05, 0.1) is 30.5 Å². The Balaban J connectivity index is 1.81. The SMILES string of the molecule is COc1cc(NC(=O)c2cnc(-c3ccc(Cl)cc3)nc2)c(OC)cc1Cl. The number of methoxy groups -OCH3 is 2. The van der Waals surface area contributed by atoms with E-state index in [9.17, 15) is 4.79 Å². The molecule has 3 aromatic rings. The first kappa shape index (κ1) is 18.9. The van der Waals surface area contributed by atoms with E-state index < -0.39 is 0 Å². The van der Waals surface area contributed by atoms with Gasteiger partial charge < -0.3 is 14.8 Å². The average Bonchev–Trinajstić information content (AvgIpc) is 2.69. The fraction of sp³-hybridized carbons (Fsp3) is 0.105. The highest BCUT2D eigenvalue weighted by molar-refractivity contribution is 6.32. The Kier molecular flexibility index (Phi) is 5.78. The van der Waals surface area contributed by atoms with Crippen molar-refractivity contribution >= 4 is 34.8 Å². The highest BCUT2D eigenvalue weighted by atomic mass is 35.5. The second-order valence-corrected chi connectivity index (χ2v) is 6.29. The van der Waals surface area contributed by atoms with Crippen molar-refractivity contribution < 1.29 is 14.3 Å². The first-order valence-corrected chi connectivity index (χ1v) is 8.58. The Hall–Kier alpha value is -2.83. The molecule has 1 N–H and O–H groups in total. The smallest absolute Gasteiger partial charge is 0.258 e. The number of anilines is 1. The number of carbonyl (C=O) groups excluding carboxylic acids is 1. The lowest BCUT2D eigenvalue weighted by molar-refractivity contribution is 0.102. The molecule has 8 heteroatoms. The topological polar surface area (TPSA) is 73.3 Å². The molecule has 0 aliphatic carbocycles. The Morgan fingerprint density at radius 1 is 0.963 bits per heavy atom. The molecule has 0 saturated heterocycles. The van der Waals surface area contributed by atoms with E-state index in [4.69, 9.17) is 32.7 Å². The number of nitrogens with one attached hydrogen (secondary N) is 1. The van der Waals surface area contributed by atoms with Crippen molar-refractivity contribution in [2.75, 3.05) is 19.5 Å². The van der Waals surface area contributed by atoms with E-state index in [-0.39, 0.29) is 5.91 Å². The van der Waals surface area contributed by atoms with Crippen LogP contribution in [0.25, 0.3) is 11.4 Å². The zero-order chi connectivity index (χ0) is 19.4. The zero-order valence-corrected chi connectivity index (χ0v) is 16.0. The van der Waals surface area contributed by atoms with E-state index in [0.29, 0.717) is 38.6 Å². The maximum absolute atomic E-state index is 12.5. The highest BCUT2D eigenvalue weighted by Crippen LogP contribution is 2.36. The van der Waals surface area contributed by atoms with Crippen molar-refractivity contribution in [2.24, 2.45) is 0 Å². The van der Waals surface area contributed by atoms with Gasteiger partial charge in [0.15, 0.2) is 5.82 Å². The summed E-state index contributed by atoms with van der Waals surface area (Å²) in [6, 6.07) is 10.3. The van der Waals surface area contributed by atoms with E-state index >= 15 is 0 Å². The molecule has 0 aliphatic heterocycles. The number of halogens is 2. The molecule has 0 bridgehead atoms. The van der Waals surface area contributed by atoms with Crippen molar-refractivity contribution in [2.45, 2.75) is 0 Å². The summed E-state index contributed by atoms with van der Waals surface area (Å²) in [4.78, 5) is 21.0. The minimum absolute atomic E-state index is 0.295. The monoisotopic (exact) mass is 403 g/mol. The minimum Gasteiger partial charge on any atom is -0.495 e. The second-order valence-electron chi connectivity index (χ2n) is 5.44. The molecule has 138 valence electrons. The van der Waals surface area contributed by atoms with Crippen LogP contribution >= 0.6 is 23.2 Å². The largest absolute Gasteiger partial charge is 0.495 e. The molecule has 0 saturated carbocycles. The molecule has 27 heavy (non-hydrogen) atoms. The van der Waals surface area contributed by atoms with E-state index in [1.165, 1.54) is 26.6 Å². The maximum Gasteiger partial charge on any atom is 0.258 e. The predicted molar refractivity (Wildman–Crippen MR) is 105 cm³/mol. The third-order valence-corrected chi connectivity index (χ3v) is 4.29. The maximum atomic E-state index is 12.5. The number of nitrogens with zero attached hydrogens (tertiary/aromatic N) is 2. The lowest BCUT2D eigenvalue weighted by atomic mass is 10.2. The Morgan fingerprint density at radius 3 is 2.19 bits per heavy atom. The van der Waals surface area contributed by atoms with Crippen LogP contribution in [0.2, 0.25) is 10.0 Å². The average molecular weight is 404 g/mol. The van der Waals surface area contributed by atoms with E-state index in [1.807, 2.05) is 12.1 Å². The van der Waals surface area contributed by atoms with Gasteiger partial charge in [-0.2, -0.15) is 0 Å². The number of rotatable bonds is 5. The van der Waals surface area contributed by atoms with Crippen LogP contribution in [0.4, 0.5) is 5.69 Å². The molecule has 0 unspecified atom stereocenters. The van der Waals surface area contributed by atoms with Crippen molar-refractivity contribution in [3.05, 3.63) is 64.4 Å². The van der Waals surface area contributed by atoms with Gasteiger partial charge >= 0.3 is 0 Å². The van der Waals surface area contributed by atoms with Gasteiger partial charge in [0, 0.05) is 35.1 Å². The van der Waals surface area contributed by atoms with Crippen molar-refractivity contribution in [3.8, 4) is 22.9 Å². The third kappa shape index (κ3) is 4.30. The van der Waals surface area contributed by atoms with Gasteiger partial charge in [-0.3, -0.25) is 4.79 Å². The molecule has 1 amide bonds. The van der Waals surface area contributed by atoms with Gasteiger partial charge in [-0.25, -0.2) is 9.97 Å². The molecule has 0 spiro atoms. The first-order valence-electron chi connectivity index (χ1n) is 7.82. The van der Waals surface area contributed by atoms with Crippen LogP contribution in [0.15, 0.2) is 48.8 Å². The van der Waals surface area contributed by atoms with Gasteiger partial charge in [-0.05, 0) is 24.3 Å². The fourth-order valence-corrected chi connectivity index (χ4v) is 2.70. The molecule has 0 aliphatic rings. The molecule has 3 rings (SSSR count). The Labute approximate surface area is 166 Å². The number of aromatic nitrogens is 2. The number of benzene rings is 2. The van der Waals surface area contributed by atoms with Crippen LogP contribution in [0, 0.1) is 0 Å². The quantitative estimate of drug-likeness (QED) is 0.666. The lowest BCUT2D eigenvalue weighted by Gasteiger charge is -2.13. The summed E-state index contributed by atoms with van der Waals surface area (Å²) in [5.41, 5.74) is 1.52. The Bertz CT molecular complexity index is 961. The highest BCUT2D eigenvalue weighted by Gasteiger charge is 2.14. The van der Waals surface area contributed by atoms with E-state index in [2.05, 4.69) is 15.3 Å². The molecule has 2 aromatic carbocycles. The van der Waals surface area contributed by atoms with Gasteiger partial charge in [-0.15, -0.1) is 0 Å². The van der Waals surface area contributed by atoms with Gasteiger partial charge in [0.25, 0.3) is 5.91 Å². The van der Waals surface area contributed by atoms with Crippen LogP contribution in [0.5, 0.6) is 11.5 Å². The summed E-state index contributed by atoms with van der Waals surface area (Å²) in [6.45, 7) is 0. The summed E-state index contributed by atoms with van der Waals surface area (Å²) >= 11 is 12.0. The molecule has 0 radical (unpaired) electrons. The Morgan fingerprint density at radius 2 is 1.59 bits per heavy atom. The van der Waals surface area contributed by atoms with E-state index in [0.717, 1.165) is 5.56 Å². The number of hydrogen-bond donors (Lipinski definition) is 1. The predicted octanol–water partition coefficient (Wildman–Crippen LogP) is 4.72. The molecule has 0 fully saturated rings. The summed E-state index contributed by atoms with van der Waals surface area (Å²) in [5.74, 6) is 0.934. The summed E-state index contributed by atoms with van der Waals surface area (Å²) in [6.07, 6.45) is 2.90. The number of amides is 1. The first-order chi connectivity index (χ1) is 13.0. The molecular formula is C19H15Cl2N3O3. The molecule has 1 aromatic heterocycles.